The van der Waals surface area contributed by atoms with E-state index in [1.807, 2.05) is 19.2 Å². The Morgan fingerprint density at radius 1 is 0.974 bits per heavy atom. The number of hydrogen-bond donors (Lipinski definition) is 1. The number of amides is 2. The highest BCUT2D eigenvalue weighted by molar-refractivity contribution is 6.45. The van der Waals surface area contributed by atoms with Gasteiger partial charge in [0, 0.05) is 55.9 Å². The van der Waals surface area contributed by atoms with Crippen molar-refractivity contribution in [2.75, 3.05) is 46.3 Å². The molecule has 3 heterocycles. The van der Waals surface area contributed by atoms with Crippen molar-refractivity contribution in [3.05, 3.63) is 69.6 Å². The Kier molecular flexibility index (Phi) is 7.54. The molecule has 3 aromatic rings. The lowest BCUT2D eigenvalue weighted by atomic mass is 9.90. The van der Waals surface area contributed by atoms with Crippen LogP contribution in [0.25, 0.3) is 10.9 Å². The van der Waals surface area contributed by atoms with E-state index >= 15 is 0 Å². The molecule has 1 aromatic heterocycles. The van der Waals surface area contributed by atoms with Crippen LogP contribution in [0, 0.1) is 18.7 Å². The Bertz CT molecular complexity index is 1370. The number of nitrogens with one attached hydrogen (secondary N) is 1. The molecule has 38 heavy (non-hydrogen) atoms. The van der Waals surface area contributed by atoms with Crippen molar-refractivity contribution in [1.82, 2.24) is 19.7 Å². The van der Waals surface area contributed by atoms with E-state index in [9.17, 15) is 18.8 Å². The van der Waals surface area contributed by atoms with Crippen molar-refractivity contribution in [2.45, 2.75) is 26.2 Å². The first-order chi connectivity index (χ1) is 18.2. The lowest BCUT2D eigenvalue weighted by molar-refractivity contribution is -0.127. The van der Waals surface area contributed by atoms with Crippen molar-refractivity contribution >= 4 is 40.1 Å². The Labute approximate surface area is 226 Å². The summed E-state index contributed by atoms with van der Waals surface area (Å²) in [7, 11) is 1.99. The van der Waals surface area contributed by atoms with E-state index in [-0.39, 0.29) is 11.7 Å². The third-order valence-corrected chi connectivity index (χ3v) is 8.17. The van der Waals surface area contributed by atoms with Gasteiger partial charge in [-0.05, 0) is 69.0 Å². The van der Waals surface area contributed by atoms with Gasteiger partial charge in [-0.3, -0.25) is 14.4 Å². The Hall–Kier alpha value is -3.23. The second kappa shape index (κ2) is 10.9. The molecule has 2 aromatic carbocycles. The van der Waals surface area contributed by atoms with Crippen LogP contribution in [-0.4, -0.2) is 83.6 Å². The number of carbonyl (C=O) groups is 3. The zero-order valence-electron chi connectivity index (χ0n) is 21.7. The van der Waals surface area contributed by atoms with Gasteiger partial charge in [0.2, 0.25) is 0 Å². The van der Waals surface area contributed by atoms with Crippen molar-refractivity contribution in [3.8, 4) is 0 Å². The summed E-state index contributed by atoms with van der Waals surface area (Å²) in [4.78, 5) is 48.5. The molecule has 2 fully saturated rings. The third kappa shape index (κ3) is 5.33. The number of aromatic amines is 1. The standard InChI is InChI=1S/C29H32ClFN4O3/c1-18-26(27(36)29(38)35-13-11-33(2)12-14-35)23-16-22(24(30)17-25(23)32-18)28(37)34-9-7-20(8-10-34)15-19-3-5-21(31)6-4-19/h3-6,16-17,20,32H,7-15H2,1-2H3. The van der Waals surface area contributed by atoms with E-state index in [1.54, 1.807) is 28.9 Å². The Morgan fingerprint density at radius 3 is 2.29 bits per heavy atom. The number of aromatic nitrogens is 1. The fourth-order valence-electron chi connectivity index (χ4n) is 5.53. The molecular formula is C29H32ClFN4O3. The van der Waals surface area contributed by atoms with Crippen LogP contribution >= 0.6 is 11.6 Å². The smallest absolute Gasteiger partial charge is 0.295 e. The number of likely N-dealkylation sites (tertiary alicyclic amines) is 1. The van der Waals surface area contributed by atoms with Crippen LogP contribution in [0.5, 0.6) is 0 Å². The molecule has 2 aliphatic rings. The van der Waals surface area contributed by atoms with Crippen molar-refractivity contribution < 1.29 is 18.8 Å². The zero-order chi connectivity index (χ0) is 27.0. The molecule has 2 amide bonds. The summed E-state index contributed by atoms with van der Waals surface area (Å²) in [6.45, 7) is 5.41. The molecule has 0 radical (unpaired) electrons. The first-order valence-electron chi connectivity index (χ1n) is 13.1. The van der Waals surface area contributed by atoms with Gasteiger partial charge in [0.05, 0.1) is 16.1 Å². The van der Waals surface area contributed by atoms with Crippen LogP contribution in [0.2, 0.25) is 5.02 Å². The van der Waals surface area contributed by atoms with E-state index in [4.69, 9.17) is 11.6 Å². The lowest BCUT2D eigenvalue weighted by Crippen LogP contribution is -2.49. The molecule has 0 spiro atoms. The number of nitrogens with zero attached hydrogens (tertiary/aromatic N) is 3. The number of piperazine rings is 1. The molecule has 7 nitrogen and oxygen atoms in total. The normalized spacial score (nSPS) is 17.3. The van der Waals surface area contributed by atoms with Crippen molar-refractivity contribution in [1.29, 1.82) is 0 Å². The van der Waals surface area contributed by atoms with E-state index in [0.29, 0.717) is 64.8 Å². The maximum absolute atomic E-state index is 13.5. The van der Waals surface area contributed by atoms with E-state index in [0.717, 1.165) is 37.9 Å². The molecule has 0 atom stereocenters. The monoisotopic (exact) mass is 538 g/mol. The highest BCUT2D eigenvalue weighted by Gasteiger charge is 2.31. The van der Waals surface area contributed by atoms with Crippen LogP contribution in [-0.2, 0) is 11.2 Å². The van der Waals surface area contributed by atoms with Crippen LogP contribution in [0.15, 0.2) is 36.4 Å². The van der Waals surface area contributed by atoms with Crippen LogP contribution < -0.4 is 0 Å². The number of aryl methyl sites for hydroxylation is 1. The first-order valence-corrected chi connectivity index (χ1v) is 13.5. The molecule has 0 saturated carbocycles. The number of rotatable bonds is 5. The molecular weight excluding hydrogens is 507 g/mol. The molecule has 2 saturated heterocycles. The van der Waals surface area contributed by atoms with Crippen LogP contribution in [0.3, 0.4) is 0 Å². The summed E-state index contributed by atoms with van der Waals surface area (Å²) in [5.74, 6) is -1.10. The fraction of sp³-hybridized carbons (Fsp3) is 0.414. The van der Waals surface area contributed by atoms with Gasteiger partial charge in [0.15, 0.2) is 0 Å². The van der Waals surface area contributed by atoms with Crippen LogP contribution in [0.4, 0.5) is 4.39 Å². The number of fused-ring (bicyclic) bond motifs is 1. The Balaban J connectivity index is 1.32. The topological polar surface area (TPSA) is 76.7 Å². The molecule has 0 unspecified atom stereocenters. The van der Waals surface area contributed by atoms with Gasteiger partial charge in [0.1, 0.15) is 5.82 Å². The minimum atomic E-state index is -0.569. The predicted molar refractivity (Wildman–Crippen MR) is 145 cm³/mol. The fourth-order valence-corrected chi connectivity index (χ4v) is 5.78. The maximum atomic E-state index is 13.5. The largest absolute Gasteiger partial charge is 0.358 e. The van der Waals surface area contributed by atoms with Gasteiger partial charge in [-0.1, -0.05) is 23.7 Å². The highest BCUT2D eigenvalue weighted by atomic mass is 35.5. The van der Waals surface area contributed by atoms with Gasteiger partial charge in [-0.15, -0.1) is 0 Å². The molecule has 9 heteroatoms. The summed E-state index contributed by atoms with van der Waals surface area (Å²) < 4.78 is 13.2. The van der Waals surface area contributed by atoms with Gasteiger partial charge >= 0.3 is 0 Å². The summed E-state index contributed by atoms with van der Waals surface area (Å²) >= 11 is 6.54. The number of H-pyrrole nitrogens is 1. The first kappa shape index (κ1) is 26.4. The lowest BCUT2D eigenvalue weighted by Gasteiger charge is -2.32. The number of Topliss-reactive ketones (excluding diaryl/α,β-unsaturated/α-hetero) is 1. The maximum Gasteiger partial charge on any atom is 0.295 e. The van der Waals surface area contributed by atoms with E-state index < -0.39 is 11.7 Å². The molecule has 2 aliphatic heterocycles. The number of carbonyl (C=O) groups excluding carboxylic acids is 3. The number of likely N-dealkylation sites (N-methyl/N-ethyl adjacent to an activating group) is 1. The third-order valence-electron chi connectivity index (χ3n) is 7.86. The average molecular weight is 539 g/mol. The van der Waals surface area contributed by atoms with E-state index in [2.05, 4.69) is 9.88 Å². The number of hydrogen-bond acceptors (Lipinski definition) is 4. The number of halogens is 2. The summed E-state index contributed by atoms with van der Waals surface area (Å²) in [6.07, 6.45) is 2.54. The van der Waals surface area contributed by atoms with E-state index in [1.165, 1.54) is 12.1 Å². The summed E-state index contributed by atoms with van der Waals surface area (Å²) in [5.41, 5.74) is 2.92. The zero-order valence-corrected chi connectivity index (χ0v) is 22.5. The molecule has 5 rings (SSSR count). The number of piperidine rings is 1. The average Bonchev–Trinajstić information content (AvgIpc) is 3.23. The van der Waals surface area contributed by atoms with Gasteiger partial charge in [-0.2, -0.15) is 0 Å². The SMILES string of the molecule is Cc1[nH]c2cc(Cl)c(C(=O)N3CCC(Cc4ccc(F)cc4)CC3)cc2c1C(=O)C(=O)N1CCN(C)CC1. The number of benzene rings is 2. The predicted octanol–water partition coefficient (Wildman–Crippen LogP) is 4.32. The second-order valence-electron chi connectivity index (χ2n) is 10.5. The molecule has 0 bridgehead atoms. The summed E-state index contributed by atoms with van der Waals surface area (Å²) in [6, 6.07) is 9.90. The van der Waals surface area contributed by atoms with Crippen molar-refractivity contribution in [2.24, 2.45) is 5.92 Å². The number of ketones is 1. The molecule has 1 N–H and O–H groups in total. The second-order valence-corrected chi connectivity index (χ2v) is 10.9. The molecule has 200 valence electrons. The quantitative estimate of drug-likeness (QED) is 0.388. The van der Waals surface area contributed by atoms with Gasteiger partial charge < -0.3 is 19.7 Å². The minimum Gasteiger partial charge on any atom is -0.358 e. The summed E-state index contributed by atoms with van der Waals surface area (Å²) in [5, 5.41) is 0.843. The van der Waals surface area contributed by atoms with Crippen molar-refractivity contribution in [3.63, 3.8) is 0 Å². The Morgan fingerprint density at radius 2 is 1.63 bits per heavy atom. The van der Waals surface area contributed by atoms with Gasteiger partial charge in [0.25, 0.3) is 17.6 Å². The highest BCUT2D eigenvalue weighted by Crippen LogP contribution is 2.31. The molecule has 0 aliphatic carbocycles. The van der Waals surface area contributed by atoms with Crippen LogP contribution in [0.1, 0.15) is 44.8 Å². The van der Waals surface area contributed by atoms with Gasteiger partial charge in [-0.25, -0.2) is 4.39 Å². The minimum absolute atomic E-state index is 0.181.